The van der Waals surface area contributed by atoms with E-state index in [1.807, 2.05) is 24.3 Å². The van der Waals surface area contributed by atoms with Gasteiger partial charge < -0.3 is 5.11 Å². The third-order valence-corrected chi connectivity index (χ3v) is 3.00. The number of carboxylic acid groups (broad SMARTS) is 1. The molecule has 0 fully saturated rings. The number of hydrogen-bond acceptors (Lipinski definition) is 5. The molecule has 2 rings (SSSR count). The van der Waals surface area contributed by atoms with Crippen molar-refractivity contribution in [3.05, 3.63) is 35.9 Å². The zero-order valence-electron chi connectivity index (χ0n) is 9.58. The molecule has 0 amide bonds. The molecule has 0 saturated heterocycles. The van der Waals surface area contributed by atoms with Crippen LogP contribution in [-0.4, -0.2) is 29.2 Å². The van der Waals surface area contributed by atoms with Gasteiger partial charge in [-0.15, -0.1) is 11.3 Å². The molecule has 0 spiro atoms. The largest absolute Gasteiger partial charge is 0.478 e. The van der Waals surface area contributed by atoms with Crippen molar-refractivity contribution in [3.8, 4) is 0 Å². The number of aromatic nitrogens is 1. The summed E-state index contributed by atoms with van der Waals surface area (Å²) >= 11 is 1.34. The number of fused-ring (bicyclic) bond motifs is 1. The van der Waals surface area contributed by atoms with E-state index in [9.17, 15) is 4.79 Å². The number of carboxylic acids is 1. The van der Waals surface area contributed by atoms with Crippen LogP contribution in [0.2, 0.25) is 0 Å². The van der Waals surface area contributed by atoms with Crippen LogP contribution >= 0.6 is 11.3 Å². The Morgan fingerprint density at radius 3 is 2.61 bits per heavy atom. The summed E-state index contributed by atoms with van der Waals surface area (Å²) in [6.45, 7) is 3.47. The first-order valence-corrected chi connectivity index (χ1v) is 5.66. The molecule has 0 aliphatic rings. The van der Waals surface area contributed by atoms with Gasteiger partial charge in [-0.3, -0.25) is 0 Å². The molecule has 2 aromatic rings. The molecule has 1 heterocycles. The zero-order valence-corrected chi connectivity index (χ0v) is 10.4. The Labute approximate surface area is 107 Å². The number of nitrogens with zero attached hydrogens (tertiary/aromatic N) is 2. The molecule has 6 heteroatoms. The van der Waals surface area contributed by atoms with Crippen molar-refractivity contribution in [2.24, 2.45) is 4.99 Å². The SMILES string of the molecule is C=C(C(=O)O)c1nc2ccccc2s1.CN=C=O. The Kier molecular flexibility index (Phi) is 4.92. The van der Waals surface area contributed by atoms with E-state index in [0.717, 1.165) is 10.2 Å². The van der Waals surface area contributed by atoms with Crippen molar-refractivity contribution in [1.82, 2.24) is 4.98 Å². The lowest BCUT2D eigenvalue weighted by Gasteiger charge is -1.90. The summed E-state index contributed by atoms with van der Waals surface area (Å²) < 4.78 is 0.977. The summed E-state index contributed by atoms with van der Waals surface area (Å²) in [7, 11) is 1.38. The highest BCUT2D eigenvalue weighted by molar-refractivity contribution is 7.19. The Balaban J connectivity index is 0.000000357. The molecule has 0 aliphatic heterocycles. The smallest absolute Gasteiger partial charge is 0.338 e. The molecule has 1 N–H and O–H groups in total. The lowest BCUT2D eigenvalue weighted by Crippen LogP contribution is -1.96. The van der Waals surface area contributed by atoms with Gasteiger partial charge in [-0.25, -0.2) is 19.6 Å². The molecule has 0 aliphatic carbocycles. The highest BCUT2D eigenvalue weighted by atomic mass is 32.1. The maximum atomic E-state index is 10.6. The summed E-state index contributed by atoms with van der Waals surface area (Å²) in [5.74, 6) is -1.02. The van der Waals surface area contributed by atoms with E-state index in [1.165, 1.54) is 24.5 Å². The van der Waals surface area contributed by atoms with E-state index in [2.05, 4.69) is 16.6 Å². The van der Waals surface area contributed by atoms with Crippen LogP contribution in [0.5, 0.6) is 0 Å². The Bertz CT molecular complexity index is 594. The van der Waals surface area contributed by atoms with Gasteiger partial charge in [-0.05, 0) is 12.1 Å². The van der Waals surface area contributed by atoms with E-state index < -0.39 is 5.97 Å². The van der Waals surface area contributed by atoms with E-state index in [0.29, 0.717) is 5.01 Å². The fourth-order valence-electron chi connectivity index (χ4n) is 1.09. The predicted molar refractivity (Wildman–Crippen MR) is 70.3 cm³/mol. The van der Waals surface area contributed by atoms with Crippen molar-refractivity contribution in [3.63, 3.8) is 0 Å². The molecular weight excluding hydrogens is 252 g/mol. The molecule has 0 radical (unpaired) electrons. The fraction of sp³-hybridized carbons (Fsp3) is 0.0833. The summed E-state index contributed by atoms with van der Waals surface area (Å²) in [6.07, 6.45) is 1.31. The average Bonchev–Trinajstić information content (AvgIpc) is 2.81. The summed E-state index contributed by atoms with van der Waals surface area (Å²) in [4.78, 5) is 26.6. The first-order chi connectivity index (χ1) is 8.60. The standard InChI is InChI=1S/C10H7NO2S.C2H3NO/c1-6(10(12)13)9-11-7-4-2-3-5-8(7)14-9;1-3-2-4/h2-5H,1H2,(H,12,13);1H3. The molecule has 0 atom stereocenters. The number of aliphatic imine (C=N–C) groups is 1. The summed E-state index contributed by atoms with van der Waals surface area (Å²) in [5, 5.41) is 9.20. The number of rotatable bonds is 2. The number of carbonyl (C=O) groups excluding carboxylic acids is 1. The van der Waals surface area contributed by atoms with Crippen LogP contribution in [0.3, 0.4) is 0 Å². The lowest BCUT2D eigenvalue weighted by atomic mass is 10.3. The molecular formula is C12H10N2O3S. The minimum atomic E-state index is -1.02. The fourth-order valence-corrected chi connectivity index (χ4v) is 2.02. The third kappa shape index (κ3) is 3.35. The second-order valence-electron chi connectivity index (χ2n) is 3.09. The summed E-state index contributed by atoms with van der Waals surface area (Å²) in [5.41, 5.74) is 0.862. The topological polar surface area (TPSA) is 79.6 Å². The molecule has 0 saturated carbocycles. The minimum absolute atomic E-state index is 0.0474. The van der Waals surface area contributed by atoms with Crippen LogP contribution in [0, 0.1) is 0 Å². The highest BCUT2D eigenvalue weighted by Gasteiger charge is 2.11. The van der Waals surface area contributed by atoms with Crippen LogP contribution in [0.1, 0.15) is 5.01 Å². The van der Waals surface area contributed by atoms with Crippen LogP contribution in [-0.2, 0) is 9.59 Å². The van der Waals surface area contributed by atoms with E-state index in [-0.39, 0.29) is 5.57 Å². The number of para-hydroxylation sites is 1. The second kappa shape index (κ2) is 6.44. The van der Waals surface area contributed by atoms with Crippen molar-refractivity contribution in [1.29, 1.82) is 0 Å². The quantitative estimate of drug-likeness (QED) is 0.512. The van der Waals surface area contributed by atoms with E-state index in [4.69, 9.17) is 9.90 Å². The molecule has 1 aromatic heterocycles. The van der Waals surface area contributed by atoms with Gasteiger partial charge in [0.1, 0.15) is 5.01 Å². The van der Waals surface area contributed by atoms with Crippen molar-refractivity contribution < 1.29 is 14.7 Å². The number of thiazole rings is 1. The summed E-state index contributed by atoms with van der Waals surface area (Å²) in [6, 6.07) is 7.53. The van der Waals surface area contributed by atoms with Crippen LogP contribution in [0.4, 0.5) is 0 Å². The van der Waals surface area contributed by atoms with Gasteiger partial charge in [0.05, 0.1) is 15.8 Å². The maximum absolute atomic E-state index is 10.6. The minimum Gasteiger partial charge on any atom is -0.478 e. The third-order valence-electron chi connectivity index (χ3n) is 1.90. The van der Waals surface area contributed by atoms with Crippen molar-refractivity contribution in [2.45, 2.75) is 0 Å². The lowest BCUT2D eigenvalue weighted by molar-refractivity contribution is -0.130. The van der Waals surface area contributed by atoms with Gasteiger partial charge in [0.15, 0.2) is 0 Å². The van der Waals surface area contributed by atoms with Gasteiger partial charge in [-0.1, -0.05) is 18.7 Å². The molecule has 0 bridgehead atoms. The normalized spacial score (nSPS) is 8.94. The first-order valence-electron chi connectivity index (χ1n) is 4.84. The van der Waals surface area contributed by atoms with Gasteiger partial charge in [0.25, 0.3) is 0 Å². The van der Waals surface area contributed by atoms with Crippen molar-refractivity contribution in [2.75, 3.05) is 7.05 Å². The van der Waals surface area contributed by atoms with Gasteiger partial charge >= 0.3 is 5.97 Å². The molecule has 5 nitrogen and oxygen atoms in total. The number of carbonyl (C=O) groups is 1. The Hall–Kier alpha value is -2.30. The van der Waals surface area contributed by atoms with Crippen LogP contribution < -0.4 is 0 Å². The molecule has 92 valence electrons. The zero-order chi connectivity index (χ0) is 13.5. The monoisotopic (exact) mass is 262 g/mol. The second-order valence-corrected chi connectivity index (χ2v) is 4.12. The number of hydrogen-bond donors (Lipinski definition) is 1. The molecule has 0 unspecified atom stereocenters. The average molecular weight is 262 g/mol. The van der Waals surface area contributed by atoms with E-state index >= 15 is 0 Å². The Morgan fingerprint density at radius 1 is 1.50 bits per heavy atom. The van der Waals surface area contributed by atoms with Crippen LogP contribution in [0.15, 0.2) is 35.8 Å². The predicted octanol–water partition coefficient (Wildman–Crippen LogP) is 2.35. The number of aliphatic carboxylic acids is 1. The van der Waals surface area contributed by atoms with Gasteiger partial charge in [0, 0.05) is 7.05 Å². The van der Waals surface area contributed by atoms with Crippen molar-refractivity contribution >= 4 is 39.2 Å². The van der Waals surface area contributed by atoms with E-state index in [1.54, 1.807) is 0 Å². The van der Waals surface area contributed by atoms with Gasteiger partial charge in [-0.2, -0.15) is 0 Å². The van der Waals surface area contributed by atoms with Gasteiger partial charge in [0.2, 0.25) is 6.08 Å². The number of benzene rings is 1. The Morgan fingerprint density at radius 2 is 2.11 bits per heavy atom. The molecule has 1 aromatic carbocycles. The highest BCUT2D eigenvalue weighted by Crippen LogP contribution is 2.25. The number of isocyanates is 1. The molecule has 18 heavy (non-hydrogen) atoms. The van der Waals surface area contributed by atoms with Crippen LogP contribution in [0.25, 0.3) is 15.8 Å². The first kappa shape index (κ1) is 13.8. The maximum Gasteiger partial charge on any atom is 0.338 e.